The van der Waals surface area contributed by atoms with E-state index in [0.29, 0.717) is 12.2 Å². The number of carbonyl (C=O) groups excluding carboxylic acids is 2. The molecule has 0 aliphatic carbocycles. The fourth-order valence-corrected chi connectivity index (χ4v) is 1.54. The molecule has 1 amide bonds. The Morgan fingerprint density at radius 3 is 2.25 bits per heavy atom. The van der Waals surface area contributed by atoms with Crippen molar-refractivity contribution in [3.8, 4) is 0 Å². The highest BCUT2D eigenvalue weighted by Crippen LogP contribution is 2.15. The van der Waals surface area contributed by atoms with Crippen LogP contribution in [0.3, 0.4) is 0 Å². The van der Waals surface area contributed by atoms with Crippen molar-refractivity contribution in [2.24, 2.45) is 0 Å². The molecule has 20 heavy (non-hydrogen) atoms. The zero-order valence-corrected chi connectivity index (χ0v) is 11.5. The first-order valence-electron chi connectivity index (χ1n) is 6.16. The number of aliphatic carboxylic acids is 1. The Morgan fingerprint density at radius 2 is 1.75 bits per heavy atom. The lowest BCUT2D eigenvalue weighted by atomic mass is 10.2. The van der Waals surface area contributed by atoms with Gasteiger partial charge in [-0.2, -0.15) is 0 Å². The van der Waals surface area contributed by atoms with Gasteiger partial charge in [0.2, 0.25) is 11.7 Å². The molecule has 0 aliphatic heterocycles. The van der Waals surface area contributed by atoms with Crippen LogP contribution in [-0.4, -0.2) is 29.3 Å². The number of para-hydroxylation sites is 1. The first-order chi connectivity index (χ1) is 9.41. The lowest BCUT2D eigenvalue weighted by Gasteiger charge is -2.21. The molecule has 0 aliphatic rings. The largest absolute Gasteiger partial charge is 0.475 e. The first kappa shape index (κ1) is 15.6. The zero-order chi connectivity index (χ0) is 15.1. The molecular formula is C15H17NO4. The van der Waals surface area contributed by atoms with Crippen LogP contribution in [0.4, 0.5) is 5.69 Å². The lowest BCUT2D eigenvalue weighted by Crippen LogP contribution is -2.34. The predicted molar refractivity (Wildman–Crippen MR) is 75.5 cm³/mol. The fraction of sp³-hybridized carbons (Fsp3) is 0.267. The number of carboxylic acid groups (broad SMARTS) is 1. The van der Waals surface area contributed by atoms with E-state index in [1.54, 1.807) is 24.3 Å². The highest BCUT2D eigenvalue weighted by atomic mass is 16.4. The number of nitrogens with zero attached hydrogens (tertiary/aromatic N) is 1. The zero-order valence-electron chi connectivity index (χ0n) is 11.5. The van der Waals surface area contributed by atoms with Crippen LogP contribution in [0.5, 0.6) is 0 Å². The highest BCUT2D eigenvalue weighted by molar-refractivity contribution is 6.36. The molecular weight excluding hydrogens is 258 g/mol. The van der Waals surface area contributed by atoms with Crippen molar-refractivity contribution in [3.63, 3.8) is 0 Å². The number of ketones is 1. The van der Waals surface area contributed by atoms with E-state index in [1.165, 1.54) is 4.90 Å². The Hall–Kier alpha value is -2.43. The van der Waals surface area contributed by atoms with Gasteiger partial charge < -0.3 is 10.0 Å². The third-order valence-corrected chi connectivity index (χ3v) is 2.60. The molecule has 0 atom stereocenters. The number of hydrogen-bond donors (Lipinski definition) is 1. The van der Waals surface area contributed by atoms with Gasteiger partial charge in [-0.25, -0.2) is 4.79 Å². The number of carboxylic acids is 1. The number of amides is 1. The van der Waals surface area contributed by atoms with Crippen molar-refractivity contribution in [1.29, 1.82) is 0 Å². The van der Waals surface area contributed by atoms with Crippen molar-refractivity contribution in [3.05, 3.63) is 42.0 Å². The van der Waals surface area contributed by atoms with Crippen molar-refractivity contribution >= 4 is 23.3 Å². The second kappa shape index (κ2) is 7.23. The first-order valence-corrected chi connectivity index (χ1v) is 6.16. The molecule has 1 N–H and O–H groups in total. The van der Waals surface area contributed by atoms with Gasteiger partial charge in [-0.3, -0.25) is 9.59 Å². The van der Waals surface area contributed by atoms with E-state index in [9.17, 15) is 14.4 Å². The number of Topliss-reactive ketones (excluding diaryl/α,β-unsaturated/α-hetero) is 1. The van der Waals surface area contributed by atoms with Crippen LogP contribution in [0.15, 0.2) is 42.0 Å². The van der Waals surface area contributed by atoms with Crippen LogP contribution in [0.25, 0.3) is 0 Å². The summed E-state index contributed by atoms with van der Waals surface area (Å²) in [5, 5.41) is 8.57. The molecule has 5 heteroatoms. The molecule has 106 valence electrons. The summed E-state index contributed by atoms with van der Waals surface area (Å²) in [5.74, 6) is -3.22. The smallest absolute Gasteiger partial charge is 0.372 e. The Labute approximate surface area is 117 Å². The van der Waals surface area contributed by atoms with Crippen molar-refractivity contribution in [2.45, 2.75) is 20.3 Å². The van der Waals surface area contributed by atoms with Crippen molar-refractivity contribution < 1.29 is 19.5 Å². The summed E-state index contributed by atoms with van der Waals surface area (Å²) in [5.41, 5.74) is 1.66. The average Bonchev–Trinajstić information content (AvgIpc) is 2.39. The van der Waals surface area contributed by atoms with E-state index in [2.05, 4.69) is 0 Å². The van der Waals surface area contributed by atoms with Gasteiger partial charge in [0.1, 0.15) is 0 Å². The van der Waals surface area contributed by atoms with Gasteiger partial charge in [0.15, 0.2) is 0 Å². The SMILES string of the molecule is CC(C)=CCN(C(=O)CC(=O)C(=O)O)c1ccccc1. The summed E-state index contributed by atoms with van der Waals surface area (Å²) in [6, 6.07) is 8.84. The normalized spacial score (nSPS) is 9.70. The Kier molecular flexibility index (Phi) is 5.65. The molecule has 0 radical (unpaired) electrons. The molecule has 0 spiro atoms. The number of anilines is 1. The predicted octanol–water partition coefficient (Wildman–Crippen LogP) is 2.03. The maximum atomic E-state index is 12.1. The van der Waals surface area contributed by atoms with Crippen LogP contribution in [0.1, 0.15) is 20.3 Å². The summed E-state index contributed by atoms with van der Waals surface area (Å²) in [6.45, 7) is 4.10. The van der Waals surface area contributed by atoms with Crippen LogP contribution in [0.2, 0.25) is 0 Å². The molecule has 1 rings (SSSR count). The molecule has 5 nitrogen and oxygen atoms in total. The summed E-state index contributed by atoms with van der Waals surface area (Å²) in [7, 11) is 0. The molecule has 1 aromatic rings. The number of carbonyl (C=O) groups is 3. The average molecular weight is 275 g/mol. The number of rotatable bonds is 6. The van der Waals surface area contributed by atoms with E-state index in [0.717, 1.165) is 5.57 Å². The van der Waals surface area contributed by atoms with Gasteiger partial charge in [-0.05, 0) is 26.0 Å². The minimum atomic E-state index is -1.59. The molecule has 1 aromatic carbocycles. The standard InChI is InChI=1S/C15H17NO4/c1-11(2)8-9-16(12-6-4-3-5-7-12)14(18)10-13(17)15(19)20/h3-8H,9-10H2,1-2H3,(H,19,20). The molecule has 0 bridgehead atoms. The third kappa shape index (κ3) is 4.68. The molecule has 0 fully saturated rings. The van der Waals surface area contributed by atoms with Gasteiger partial charge >= 0.3 is 5.97 Å². The minimum Gasteiger partial charge on any atom is -0.475 e. The second-order valence-electron chi connectivity index (χ2n) is 4.53. The number of benzene rings is 1. The molecule has 0 saturated carbocycles. The second-order valence-corrected chi connectivity index (χ2v) is 4.53. The maximum Gasteiger partial charge on any atom is 0.372 e. The number of allylic oxidation sites excluding steroid dienone is 1. The monoisotopic (exact) mass is 275 g/mol. The lowest BCUT2D eigenvalue weighted by molar-refractivity contribution is -0.150. The minimum absolute atomic E-state index is 0.304. The highest BCUT2D eigenvalue weighted by Gasteiger charge is 2.21. The van der Waals surface area contributed by atoms with Gasteiger partial charge in [0, 0.05) is 12.2 Å². The summed E-state index contributed by atoms with van der Waals surface area (Å²) >= 11 is 0. The summed E-state index contributed by atoms with van der Waals surface area (Å²) in [6.07, 6.45) is 1.21. The van der Waals surface area contributed by atoms with Crippen molar-refractivity contribution in [2.75, 3.05) is 11.4 Å². The van der Waals surface area contributed by atoms with E-state index >= 15 is 0 Å². The van der Waals surface area contributed by atoms with Gasteiger partial charge in [0.05, 0.1) is 6.42 Å². The molecule has 0 heterocycles. The van der Waals surface area contributed by atoms with Gasteiger partial charge in [-0.1, -0.05) is 29.8 Å². The quantitative estimate of drug-likeness (QED) is 0.489. The van der Waals surface area contributed by atoms with Crippen LogP contribution in [0, 0.1) is 0 Å². The molecule has 0 aromatic heterocycles. The molecule has 0 saturated heterocycles. The van der Waals surface area contributed by atoms with Crippen LogP contribution >= 0.6 is 0 Å². The summed E-state index contributed by atoms with van der Waals surface area (Å²) < 4.78 is 0. The number of hydrogen-bond acceptors (Lipinski definition) is 3. The Morgan fingerprint density at radius 1 is 1.15 bits per heavy atom. The summed E-state index contributed by atoms with van der Waals surface area (Å²) in [4.78, 5) is 35.2. The van der Waals surface area contributed by atoms with Crippen molar-refractivity contribution in [1.82, 2.24) is 0 Å². The van der Waals surface area contributed by atoms with Crippen LogP contribution in [-0.2, 0) is 14.4 Å². The van der Waals surface area contributed by atoms with E-state index in [4.69, 9.17) is 5.11 Å². The fourth-order valence-electron chi connectivity index (χ4n) is 1.54. The van der Waals surface area contributed by atoms with E-state index in [1.807, 2.05) is 26.0 Å². The van der Waals surface area contributed by atoms with E-state index < -0.39 is 24.1 Å². The maximum absolute atomic E-state index is 12.1. The Balaban J connectivity index is 2.93. The van der Waals surface area contributed by atoms with Gasteiger partial charge in [0.25, 0.3) is 0 Å². The Bertz CT molecular complexity index is 530. The van der Waals surface area contributed by atoms with Gasteiger partial charge in [-0.15, -0.1) is 0 Å². The van der Waals surface area contributed by atoms with E-state index in [-0.39, 0.29) is 0 Å². The molecule has 0 unspecified atom stereocenters. The topological polar surface area (TPSA) is 74.7 Å². The van der Waals surface area contributed by atoms with Crippen LogP contribution < -0.4 is 4.90 Å². The third-order valence-electron chi connectivity index (χ3n) is 2.60.